The van der Waals surface area contributed by atoms with Crippen LogP contribution in [-0.4, -0.2) is 34.6 Å². The first-order chi connectivity index (χ1) is 11.9. The summed E-state index contributed by atoms with van der Waals surface area (Å²) < 4.78 is 2.34. The number of hydrogen-bond donors (Lipinski definition) is 1. The molecule has 1 N–H and O–H groups in total. The summed E-state index contributed by atoms with van der Waals surface area (Å²) in [4.78, 5) is 19.5. The van der Waals surface area contributed by atoms with E-state index in [2.05, 4.69) is 39.9 Å². The van der Waals surface area contributed by atoms with Gasteiger partial charge >= 0.3 is 0 Å². The molecular weight excluding hydrogens is 312 g/mol. The van der Waals surface area contributed by atoms with E-state index in [0.29, 0.717) is 0 Å². The number of aryl methyl sites for hydroxylation is 1. The minimum absolute atomic E-state index is 0.143. The molecule has 1 aromatic carbocycles. The molecule has 3 rings (SSSR count). The number of carbonyl (C=O) groups is 1. The number of hydrogen-bond acceptors (Lipinski definition) is 3. The van der Waals surface area contributed by atoms with E-state index in [4.69, 9.17) is 4.98 Å². The maximum atomic E-state index is 12.2. The largest absolute Gasteiger partial charge is 0.353 e. The fourth-order valence-corrected chi connectivity index (χ4v) is 3.37. The van der Waals surface area contributed by atoms with Crippen LogP contribution in [0.1, 0.15) is 47.0 Å². The first kappa shape index (κ1) is 17.8. The van der Waals surface area contributed by atoms with Gasteiger partial charge in [-0.2, -0.15) is 0 Å². The number of piperidine rings is 1. The minimum Gasteiger partial charge on any atom is -0.353 e. The van der Waals surface area contributed by atoms with Crippen LogP contribution in [0.3, 0.4) is 0 Å². The maximum Gasteiger partial charge on any atom is 0.225 e. The van der Waals surface area contributed by atoms with Crippen molar-refractivity contribution in [3.63, 3.8) is 0 Å². The Balaban J connectivity index is 1.72. The molecule has 1 aliphatic rings. The van der Waals surface area contributed by atoms with Gasteiger partial charge < -0.3 is 14.8 Å². The molecule has 0 saturated carbocycles. The lowest BCUT2D eigenvalue weighted by atomic mass is 9.94. The number of aromatic nitrogens is 2. The molecule has 0 unspecified atom stereocenters. The zero-order valence-electron chi connectivity index (χ0n) is 15.9. The van der Waals surface area contributed by atoms with Gasteiger partial charge in [0.2, 0.25) is 11.9 Å². The number of nitrogens with zero attached hydrogens (tertiary/aromatic N) is 3. The van der Waals surface area contributed by atoms with Gasteiger partial charge in [0.1, 0.15) is 0 Å². The number of para-hydroxylation sites is 2. The molecule has 5 nitrogen and oxygen atoms in total. The molecule has 0 aliphatic carbocycles. The fourth-order valence-electron chi connectivity index (χ4n) is 3.37. The van der Waals surface area contributed by atoms with Gasteiger partial charge in [0, 0.05) is 31.1 Å². The maximum absolute atomic E-state index is 12.2. The summed E-state index contributed by atoms with van der Waals surface area (Å²) in [6.45, 7) is 10.9. The van der Waals surface area contributed by atoms with E-state index in [1.807, 2.05) is 26.8 Å². The molecule has 1 aromatic heterocycles. The number of amides is 1. The molecular formula is C20H30N4O. The molecule has 0 atom stereocenters. The topological polar surface area (TPSA) is 50.2 Å². The third-order valence-electron chi connectivity index (χ3n) is 4.88. The number of benzene rings is 1. The van der Waals surface area contributed by atoms with E-state index in [9.17, 15) is 4.79 Å². The van der Waals surface area contributed by atoms with Gasteiger partial charge in [-0.25, -0.2) is 4.98 Å². The number of carbonyl (C=O) groups excluding carboxylic acids is 1. The third-order valence-corrected chi connectivity index (χ3v) is 4.88. The Labute approximate surface area is 150 Å². The second kappa shape index (κ2) is 7.06. The van der Waals surface area contributed by atoms with E-state index in [-0.39, 0.29) is 17.4 Å². The Morgan fingerprint density at radius 1 is 1.24 bits per heavy atom. The lowest BCUT2D eigenvalue weighted by Gasteiger charge is -2.34. The first-order valence-corrected chi connectivity index (χ1v) is 9.41. The van der Waals surface area contributed by atoms with Crippen LogP contribution < -0.4 is 10.2 Å². The van der Waals surface area contributed by atoms with Gasteiger partial charge in [0.05, 0.1) is 11.0 Å². The van der Waals surface area contributed by atoms with Gasteiger partial charge in [-0.05, 0) is 31.4 Å². The van der Waals surface area contributed by atoms with Crippen molar-refractivity contribution in [1.82, 2.24) is 14.9 Å². The highest BCUT2D eigenvalue weighted by Gasteiger charge is 2.28. The number of nitrogens with one attached hydrogen (secondary N) is 1. The zero-order valence-corrected chi connectivity index (χ0v) is 15.9. The second-order valence-corrected chi connectivity index (χ2v) is 8.04. The summed E-state index contributed by atoms with van der Waals surface area (Å²) in [5, 5.41) is 3.20. The van der Waals surface area contributed by atoms with Gasteiger partial charge in [-0.3, -0.25) is 4.79 Å². The Bertz CT molecular complexity index is 736. The van der Waals surface area contributed by atoms with E-state index >= 15 is 0 Å². The normalized spacial score (nSPS) is 16.4. The highest BCUT2D eigenvalue weighted by atomic mass is 16.2. The molecule has 0 radical (unpaired) electrons. The second-order valence-electron chi connectivity index (χ2n) is 8.04. The molecule has 1 fully saturated rings. The molecule has 0 spiro atoms. The van der Waals surface area contributed by atoms with E-state index in [1.165, 1.54) is 5.52 Å². The predicted octanol–water partition coefficient (Wildman–Crippen LogP) is 3.58. The molecule has 5 heteroatoms. The third kappa shape index (κ3) is 3.80. The van der Waals surface area contributed by atoms with Crippen LogP contribution in [0.2, 0.25) is 0 Å². The van der Waals surface area contributed by atoms with Crippen LogP contribution in [0, 0.1) is 5.41 Å². The van der Waals surface area contributed by atoms with Crippen molar-refractivity contribution in [3.8, 4) is 0 Å². The highest BCUT2D eigenvalue weighted by molar-refractivity contribution is 5.81. The molecule has 0 bridgehead atoms. The molecule has 2 heterocycles. The standard InChI is InChI=1S/C20H30N4O/c1-5-12-24-17-9-7-6-8-16(17)22-19(24)23-13-10-15(11-14-23)21-18(25)20(2,3)4/h6-9,15H,5,10-14H2,1-4H3,(H,21,25). The van der Waals surface area contributed by atoms with Gasteiger partial charge in [0.25, 0.3) is 0 Å². The minimum atomic E-state index is -0.327. The summed E-state index contributed by atoms with van der Waals surface area (Å²) in [7, 11) is 0. The van der Waals surface area contributed by atoms with Crippen molar-refractivity contribution in [2.24, 2.45) is 5.41 Å². The SMILES string of the molecule is CCCn1c(N2CCC(NC(=O)C(C)(C)C)CC2)nc2ccccc21. The van der Waals surface area contributed by atoms with Crippen molar-refractivity contribution in [1.29, 1.82) is 0 Å². The zero-order chi connectivity index (χ0) is 18.0. The molecule has 2 aromatic rings. The van der Waals surface area contributed by atoms with E-state index < -0.39 is 0 Å². The molecule has 1 aliphatic heterocycles. The van der Waals surface area contributed by atoms with Gasteiger partial charge in [0.15, 0.2) is 0 Å². The number of fused-ring (bicyclic) bond motifs is 1. The molecule has 25 heavy (non-hydrogen) atoms. The van der Waals surface area contributed by atoms with E-state index in [1.54, 1.807) is 0 Å². The summed E-state index contributed by atoms with van der Waals surface area (Å²) >= 11 is 0. The fraction of sp³-hybridized carbons (Fsp3) is 0.600. The van der Waals surface area contributed by atoms with Gasteiger partial charge in [-0.1, -0.05) is 39.8 Å². The molecule has 1 saturated heterocycles. The van der Waals surface area contributed by atoms with Crippen molar-refractivity contribution < 1.29 is 4.79 Å². The lowest BCUT2D eigenvalue weighted by molar-refractivity contribution is -0.129. The monoisotopic (exact) mass is 342 g/mol. The van der Waals surface area contributed by atoms with Crippen LogP contribution in [0.5, 0.6) is 0 Å². The van der Waals surface area contributed by atoms with Crippen LogP contribution in [-0.2, 0) is 11.3 Å². The van der Waals surface area contributed by atoms with Gasteiger partial charge in [-0.15, -0.1) is 0 Å². The summed E-state index contributed by atoms with van der Waals surface area (Å²) in [6.07, 6.45) is 3.03. The predicted molar refractivity (Wildman–Crippen MR) is 103 cm³/mol. The first-order valence-electron chi connectivity index (χ1n) is 9.41. The quantitative estimate of drug-likeness (QED) is 0.924. The highest BCUT2D eigenvalue weighted by Crippen LogP contribution is 2.26. The number of imidazole rings is 1. The Morgan fingerprint density at radius 2 is 1.92 bits per heavy atom. The summed E-state index contributed by atoms with van der Waals surface area (Å²) in [5.41, 5.74) is 1.95. The van der Waals surface area contributed by atoms with E-state index in [0.717, 1.165) is 50.4 Å². The average molecular weight is 342 g/mol. The van der Waals surface area contributed by atoms with Crippen molar-refractivity contribution in [2.45, 2.75) is 59.5 Å². The Morgan fingerprint density at radius 3 is 2.56 bits per heavy atom. The Hall–Kier alpha value is -2.04. The summed E-state index contributed by atoms with van der Waals surface area (Å²) in [6, 6.07) is 8.63. The van der Waals surface area contributed by atoms with Crippen LogP contribution in [0.4, 0.5) is 5.95 Å². The van der Waals surface area contributed by atoms with Crippen molar-refractivity contribution >= 4 is 22.9 Å². The average Bonchev–Trinajstić information content (AvgIpc) is 2.94. The lowest BCUT2D eigenvalue weighted by Crippen LogP contribution is -2.48. The van der Waals surface area contributed by atoms with Crippen molar-refractivity contribution in [2.75, 3.05) is 18.0 Å². The van der Waals surface area contributed by atoms with Crippen LogP contribution in [0.25, 0.3) is 11.0 Å². The number of anilines is 1. The number of rotatable bonds is 4. The van der Waals surface area contributed by atoms with Crippen LogP contribution >= 0.6 is 0 Å². The van der Waals surface area contributed by atoms with Crippen molar-refractivity contribution in [3.05, 3.63) is 24.3 Å². The smallest absolute Gasteiger partial charge is 0.225 e. The molecule has 1 amide bonds. The molecule has 136 valence electrons. The summed E-state index contributed by atoms with van der Waals surface area (Å²) in [5.74, 6) is 1.22. The van der Waals surface area contributed by atoms with Crippen LogP contribution in [0.15, 0.2) is 24.3 Å². The Kier molecular flexibility index (Phi) is 5.02.